The molecular formula is C16H20BrNO4. The normalized spacial score (nSPS) is 17.4. The van der Waals surface area contributed by atoms with Gasteiger partial charge in [0, 0.05) is 12.0 Å². The Morgan fingerprint density at radius 1 is 1.41 bits per heavy atom. The van der Waals surface area contributed by atoms with Crippen LogP contribution in [0.2, 0.25) is 0 Å². The first-order valence-corrected chi connectivity index (χ1v) is 7.98. The molecule has 5 nitrogen and oxygen atoms in total. The van der Waals surface area contributed by atoms with E-state index in [2.05, 4.69) is 28.6 Å². The van der Waals surface area contributed by atoms with Crippen molar-refractivity contribution in [2.75, 3.05) is 13.2 Å². The summed E-state index contributed by atoms with van der Waals surface area (Å²) in [5, 5.41) is 9.04. The van der Waals surface area contributed by atoms with Crippen LogP contribution in [0.5, 0.6) is 0 Å². The van der Waals surface area contributed by atoms with Crippen molar-refractivity contribution < 1.29 is 19.1 Å². The van der Waals surface area contributed by atoms with Crippen LogP contribution in [-0.2, 0) is 19.1 Å². The smallest absolute Gasteiger partial charge is 0.324 e. The zero-order valence-corrected chi connectivity index (χ0v) is 14.4. The van der Waals surface area contributed by atoms with E-state index < -0.39 is 17.4 Å². The molecule has 0 saturated carbocycles. The molecule has 0 spiro atoms. The number of hydrogen-bond donors (Lipinski definition) is 0. The van der Waals surface area contributed by atoms with Crippen molar-refractivity contribution in [3.05, 3.63) is 22.7 Å². The van der Waals surface area contributed by atoms with Gasteiger partial charge in [-0.3, -0.25) is 9.59 Å². The van der Waals surface area contributed by atoms with Gasteiger partial charge in [-0.2, -0.15) is 5.26 Å². The van der Waals surface area contributed by atoms with Gasteiger partial charge >= 0.3 is 11.9 Å². The molecule has 1 atom stereocenters. The number of ether oxygens (including phenoxy) is 2. The van der Waals surface area contributed by atoms with E-state index in [1.807, 2.05) is 0 Å². The second-order valence-corrected chi connectivity index (χ2v) is 6.21. The van der Waals surface area contributed by atoms with Crippen LogP contribution in [0, 0.1) is 22.7 Å². The van der Waals surface area contributed by atoms with Gasteiger partial charge in [-0.05, 0) is 37.1 Å². The first kappa shape index (κ1) is 18.4. The van der Waals surface area contributed by atoms with Gasteiger partial charge in [0.1, 0.15) is 0 Å². The number of esters is 2. The minimum Gasteiger partial charge on any atom is -0.465 e. The average Bonchev–Trinajstić information content (AvgIpc) is 2.94. The van der Waals surface area contributed by atoms with Crippen LogP contribution in [0.15, 0.2) is 22.7 Å². The fourth-order valence-electron chi connectivity index (χ4n) is 2.71. The van der Waals surface area contributed by atoms with Crippen LogP contribution in [0.25, 0.3) is 0 Å². The van der Waals surface area contributed by atoms with Crippen LogP contribution in [0.4, 0.5) is 0 Å². The Kier molecular flexibility index (Phi) is 6.82. The number of rotatable bonds is 7. The molecule has 1 aliphatic rings. The molecule has 0 aromatic rings. The van der Waals surface area contributed by atoms with Gasteiger partial charge in [0.25, 0.3) is 0 Å². The number of carbonyl (C=O) groups is 2. The minimum atomic E-state index is -1.47. The number of hydrogen-bond acceptors (Lipinski definition) is 5. The van der Waals surface area contributed by atoms with Crippen LogP contribution in [0.3, 0.4) is 0 Å². The van der Waals surface area contributed by atoms with Crippen molar-refractivity contribution in [1.29, 1.82) is 5.26 Å². The van der Waals surface area contributed by atoms with E-state index in [1.54, 1.807) is 19.9 Å². The Bertz CT molecular complexity index is 515. The molecule has 0 bridgehead atoms. The first-order chi connectivity index (χ1) is 10.4. The van der Waals surface area contributed by atoms with E-state index in [-0.39, 0.29) is 25.6 Å². The second kappa shape index (κ2) is 8.14. The highest BCUT2D eigenvalue weighted by Crippen LogP contribution is 2.46. The molecule has 0 N–H and O–H groups in total. The maximum absolute atomic E-state index is 12.6. The monoisotopic (exact) mass is 369 g/mol. The van der Waals surface area contributed by atoms with Crippen LogP contribution in [-0.4, -0.2) is 25.2 Å². The van der Waals surface area contributed by atoms with Crippen molar-refractivity contribution in [2.24, 2.45) is 11.3 Å². The number of halogens is 1. The Balaban J connectivity index is 3.26. The van der Waals surface area contributed by atoms with E-state index in [0.29, 0.717) is 22.9 Å². The third-order valence-corrected chi connectivity index (χ3v) is 3.99. The SMILES string of the molecule is C=C(Br)CC(C(=O)OCC)(C(=O)OCC)C1CC=C(C#N)C1. The Morgan fingerprint density at radius 3 is 2.32 bits per heavy atom. The van der Waals surface area contributed by atoms with Crippen LogP contribution >= 0.6 is 15.9 Å². The van der Waals surface area contributed by atoms with Gasteiger partial charge in [0.05, 0.1) is 19.3 Å². The maximum atomic E-state index is 12.6. The van der Waals surface area contributed by atoms with Gasteiger partial charge in [-0.25, -0.2) is 0 Å². The summed E-state index contributed by atoms with van der Waals surface area (Å²) in [6.07, 6.45) is 2.66. The average molecular weight is 370 g/mol. The lowest BCUT2D eigenvalue weighted by Crippen LogP contribution is -2.47. The lowest BCUT2D eigenvalue weighted by atomic mass is 9.71. The molecule has 1 aliphatic carbocycles. The number of nitriles is 1. The van der Waals surface area contributed by atoms with E-state index in [1.165, 1.54) is 0 Å². The second-order valence-electron chi connectivity index (χ2n) is 5.08. The Morgan fingerprint density at radius 2 is 1.95 bits per heavy atom. The van der Waals surface area contributed by atoms with Crippen LogP contribution in [0.1, 0.15) is 33.1 Å². The summed E-state index contributed by atoms with van der Waals surface area (Å²) < 4.78 is 10.8. The zero-order valence-electron chi connectivity index (χ0n) is 12.9. The fourth-order valence-corrected chi connectivity index (χ4v) is 3.15. The largest absolute Gasteiger partial charge is 0.465 e. The zero-order chi connectivity index (χ0) is 16.8. The highest BCUT2D eigenvalue weighted by atomic mass is 79.9. The van der Waals surface area contributed by atoms with Gasteiger partial charge in [-0.15, -0.1) is 0 Å². The number of nitrogens with zero attached hydrogens (tertiary/aromatic N) is 1. The molecule has 0 aliphatic heterocycles. The molecule has 120 valence electrons. The van der Waals surface area contributed by atoms with E-state index in [4.69, 9.17) is 14.7 Å². The molecule has 1 rings (SSSR count). The van der Waals surface area contributed by atoms with Crippen molar-refractivity contribution in [3.8, 4) is 6.07 Å². The molecule has 0 saturated heterocycles. The molecule has 0 radical (unpaired) electrons. The van der Waals surface area contributed by atoms with Crippen LogP contribution < -0.4 is 0 Å². The molecule has 1 unspecified atom stereocenters. The van der Waals surface area contributed by atoms with Crippen molar-refractivity contribution >= 4 is 27.9 Å². The summed E-state index contributed by atoms with van der Waals surface area (Å²) in [6.45, 7) is 7.46. The highest BCUT2D eigenvalue weighted by Gasteiger charge is 2.55. The molecule has 6 heteroatoms. The van der Waals surface area contributed by atoms with Gasteiger partial charge in [-0.1, -0.05) is 28.6 Å². The summed E-state index contributed by atoms with van der Waals surface area (Å²) >= 11 is 3.24. The summed E-state index contributed by atoms with van der Waals surface area (Å²) in [6, 6.07) is 2.08. The maximum Gasteiger partial charge on any atom is 0.324 e. The summed E-state index contributed by atoms with van der Waals surface area (Å²) in [4.78, 5) is 25.2. The fraction of sp³-hybridized carbons (Fsp3) is 0.562. The molecule has 0 fully saturated rings. The van der Waals surface area contributed by atoms with Gasteiger partial charge in [0.2, 0.25) is 0 Å². The molecular weight excluding hydrogens is 350 g/mol. The minimum absolute atomic E-state index is 0.0852. The third kappa shape index (κ3) is 3.77. The molecule has 0 amide bonds. The quantitative estimate of drug-likeness (QED) is 0.508. The Labute approximate surface area is 139 Å². The van der Waals surface area contributed by atoms with Crippen molar-refractivity contribution in [2.45, 2.75) is 33.1 Å². The molecule has 22 heavy (non-hydrogen) atoms. The predicted molar refractivity (Wildman–Crippen MR) is 84.8 cm³/mol. The van der Waals surface area contributed by atoms with E-state index in [0.717, 1.165) is 0 Å². The first-order valence-electron chi connectivity index (χ1n) is 7.19. The van der Waals surface area contributed by atoms with Gasteiger partial charge < -0.3 is 9.47 Å². The summed E-state index contributed by atoms with van der Waals surface area (Å²) in [5.74, 6) is -1.60. The standard InChI is InChI=1S/C16H20BrNO4/c1-4-21-14(19)16(9-11(3)17,15(20)22-5-2)13-7-6-12(8-13)10-18/h6,13H,3-5,7-9H2,1-2H3. The Hall–Kier alpha value is -1.61. The lowest BCUT2D eigenvalue weighted by molar-refractivity contribution is -0.176. The number of carbonyl (C=O) groups excluding carboxylic acids is 2. The molecule has 0 aromatic heterocycles. The number of allylic oxidation sites excluding steroid dienone is 3. The third-order valence-electron chi connectivity index (χ3n) is 3.71. The van der Waals surface area contributed by atoms with E-state index >= 15 is 0 Å². The van der Waals surface area contributed by atoms with Crippen molar-refractivity contribution in [1.82, 2.24) is 0 Å². The van der Waals surface area contributed by atoms with E-state index in [9.17, 15) is 9.59 Å². The molecule has 0 aromatic carbocycles. The van der Waals surface area contributed by atoms with Crippen molar-refractivity contribution in [3.63, 3.8) is 0 Å². The summed E-state index contributed by atoms with van der Waals surface area (Å²) in [5.41, 5.74) is -0.898. The molecule has 0 heterocycles. The van der Waals surface area contributed by atoms with Gasteiger partial charge in [0.15, 0.2) is 5.41 Å². The lowest BCUT2D eigenvalue weighted by Gasteiger charge is -2.34. The summed E-state index contributed by atoms with van der Waals surface area (Å²) in [7, 11) is 0. The predicted octanol–water partition coefficient (Wildman–Crippen LogP) is 3.26. The topological polar surface area (TPSA) is 76.4 Å². The highest BCUT2D eigenvalue weighted by molar-refractivity contribution is 9.11.